The summed E-state index contributed by atoms with van der Waals surface area (Å²) in [4.78, 5) is 1.25. The zero-order chi connectivity index (χ0) is 9.26. The van der Waals surface area contributed by atoms with Crippen molar-refractivity contribution >= 4 is 22.9 Å². The first-order valence-electron chi connectivity index (χ1n) is 4.51. The smallest absolute Gasteiger partial charge is 0.0931 e. The normalized spacial score (nSPS) is 18.9. The van der Waals surface area contributed by atoms with E-state index in [1.165, 1.54) is 17.7 Å². The molecule has 0 aromatic carbocycles. The summed E-state index contributed by atoms with van der Waals surface area (Å²) in [5, 5.41) is 0. The highest BCUT2D eigenvalue weighted by Gasteiger charge is 2.26. The molecule has 1 fully saturated rings. The average Bonchev–Trinajstić information content (AvgIpc) is 2.84. The highest BCUT2D eigenvalue weighted by Crippen LogP contribution is 2.39. The second-order valence-electron chi connectivity index (χ2n) is 3.54. The van der Waals surface area contributed by atoms with Crippen molar-refractivity contribution in [3.8, 4) is 0 Å². The molecule has 72 valence electrons. The van der Waals surface area contributed by atoms with Crippen molar-refractivity contribution in [2.45, 2.75) is 25.3 Å². The van der Waals surface area contributed by atoms with Gasteiger partial charge >= 0.3 is 0 Å². The summed E-state index contributed by atoms with van der Waals surface area (Å²) in [6.45, 7) is 0. The summed E-state index contributed by atoms with van der Waals surface area (Å²) in [6, 6.07) is 4.28. The highest BCUT2D eigenvalue weighted by molar-refractivity contribution is 7.16. The largest absolute Gasteiger partial charge is 0.271 e. The molecule has 2 rings (SSSR count). The van der Waals surface area contributed by atoms with Gasteiger partial charge in [0, 0.05) is 4.88 Å². The predicted molar refractivity (Wildman–Crippen MR) is 56.7 cm³/mol. The molecule has 2 nitrogen and oxygen atoms in total. The summed E-state index contributed by atoms with van der Waals surface area (Å²) in [5.41, 5.74) is 2.85. The lowest BCUT2D eigenvalue weighted by atomic mass is 10.1. The number of nitrogens with one attached hydrogen (secondary N) is 1. The minimum absolute atomic E-state index is 0.296. The molecule has 0 amide bonds. The summed E-state index contributed by atoms with van der Waals surface area (Å²) in [5.74, 6) is 6.38. The van der Waals surface area contributed by atoms with Gasteiger partial charge in [0.2, 0.25) is 0 Å². The van der Waals surface area contributed by atoms with E-state index in [2.05, 4.69) is 11.5 Å². The van der Waals surface area contributed by atoms with Crippen molar-refractivity contribution in [1.82, 2.24) is 5.43 Å². The van der Waals surface area contributed by atoms with E-state index >= 15 is 0 Å². The van der Waals surface area contributed by atoms with Gasteiger partial charge in [-0.25, -0.2) is 0 Å². The molecule has 0 aliphatic heterocycles. The molecule has 1 heterocycles. The molecule has 1 aromatic rings. The fraction of sp³-hybridized carbons (Fsp3) is 0.556. The Hall–Kier alpha value is -0.0900. The molecule has 1 saturated carbocycles. The van der Waals surface area contributed by atoms with Crippen LogP contribution in [-0.4, -0.2) is 0 Å². The Labute approximate surface area is 87.1 Å². The highest BCUT2D eigenvalue weighted by atomic mass is 35.5. The van der Waals surface area contributed by atoms with Gasteiger partial charge in [-0.05, 0) is 24.5 Å². The van der Waals surface area contributed by atoms with E-state index in [-0.39, 0.29) is 0 Å². The fourth-order valence-electron chi connectivity index (χ4n) is 1.47. The third-order valence-electron chi connectivity index (χ3n) is 2.40. The van der Waals surface area contributed by atoms with Crippen molar-refractivity contribution in [3.05, 3.63) is 21.3 Å². The van der Waals surface area contributed by atoms with Crippen LogP contribution in [0.3, 0.4) is 0 Å². The number of hydrogen-bond donors (Lipinski definition) is 2. The second kappa shape index (κ2) is 3.96. The summed E-state index contributed by atoms with van der Waals surface area (Å²) in [7, 11) is 0. The Morgan fingerprint density at radius 1 is 1.62 bits per heavy atom. The minimum Gasteiger partial charge on any atom is -0.271 e. The lowest BCUT2D eigenvalue weighted by Gasteiger charge is -2.12. The van der Waals surface area contributed by atoms with Crippen molar-refractivity contribution < 1.29 is 0 Å². The van der Waals surface area contributed by atoms with Crippen LogP contribution in [0, 0.1) is 5.92 Å². The molecule has 3 N–H and O–H groups in total. The SMILES string of the molecule is NNC(CC1CC1)c1ccc(Cl)s1. The van der Waals surface area contributed by atoms with Gasteiger partial charge in [0.05, 0.1) is 10.4 Å². The van der Waals surface area contributed by atoms with Crippen molar-refractivity contribution in [3.63, 3.8) is 0 Å². The molecule has 0 spiro atoms. The summed E-state index contributed by atoms with van der Waals surface area (Å²) >= 11 is 7.48. The standard InChI is InChI=1S/C9H13ClN2S/c10-9-4-3-8(13-9)7(12-11)5-6-1-2-6/h3-4,6-7,12H,1-2,5,11H2. The molecule has 1 aliphatic rings. The van der Waals surface area contributed by atoms with E-state index in [0.29, 0.717) is 6.04 Å². The van der Waals surface area contributed by atoms with Crippen LogP contribution in [0.1, 0.15) is 30.2 Å². The molecule has 1 aliphatic carbocycles. The van der Waals surface area contributed by atoms with E-state index in [1.807, 2.05) is 6.07 Å². The van der Waals surface area contributed by atoms with Crippen LogP contribution >= 0.6 is 22.9 Å². The molecule has 4 heteroatoms. The van der Waals surface area contributed by atoms with Crippen LogP contribution in [0.2, 0.25) is 4.34 Å². The first-order valence-corrected chi connectivity index (χ1v) is 5.70. The molecule has 1 aromatic heterocycles. The van der Waals surface area contributed by atoms with Crippen LogP contribution in [-0.2, 0) is 0 Å². The Kier molecular flexibility index (Phi) is 2.89. The third kappa shape index (κ3) is 2.44. The second-order valence-corrected chi connectivity index (χ2v) is 5.29. The number of hydrazine groups is 1. The summed E-state index contributed by atoms with van der Waals surface area (Å²) < 4.78 is 0.839. The Morgan fingerprint density at radius 2 is 2.38 bits per heavy atom. The van der Waals surface area contributed by atoms with Gasteiger partial charge < -0.3 is 0 Å². The van der Waals surface area contributed by atoms with Crippen LogP contribution in [0.5, 0.6) is 0 Å². The van der Waals surface area contributed by atoms with E-state index < -0.39 is 0 Å². The van der Waals surface area contributed by atoms with E-state index in [0.717, 1.165) is 16.7 Å². The molecule has 1 atom stereocenters. The van der Waals surface area contributed by atoms with Gasteiger partial charge in [-0.15, -0.1) is 11.3 Å². The lowest BCUT2D eigenvalue weighted by molar-refractivity contribution is 0.494. The zero-order valence-corrected chi connectivity index (χ0v) is 8.87. The molecule has 0 bridgehead atoms. The maximum absolute atomic E-state index is 5.86. The van der Waals surface area contributed by atoms with Gasteiger partial charge in [0.1, 0.15) is 0 Å². The molecular weight excluding hydrogens is 204 g/mol. The number of rotatable bonds is 4. The van der Waals surface area contributed by atoms with Gasteiger partial charge in [-0.2, -0.15) is 0 Å². The van der Waals surface area contributed by atoms with Crippen LogP contribution in [0.25, 0.3) is 0 Å². The summed E-state index contributed by atoms with van der Waals surface area (Å²) in [6.07, 6.45) is 3.86. The third-order valence-corrected chi connectivity index (χ3v) is 3.75. The number of hydrogen-bond acceptors (Lipinski definition) is 3. The molecular formula is C9H13ClN2S. The Bertz CT molecular complexity index is 283. The fourth-order valence-corrected chi connectivity index (χ4v) is 2.60. The Balaban J connectivity index is 2.01. The maximum Gasteiger partial charge on any atom is 0.0931 e. The lowest BCUT2D eigenvalue weighted by Crippen LogP contribution is -2.27. The van der Waals surface area contributed by atoms with E-state index in [4.69, 9.17) is 17.4 Å². The zero-order valence-electron chi connectivity index (χ0n) is 7.29. The number of nitrogens with two attached hydrogens (primary N) is 1. The molecule has 13 heavy (non-hydrogen) atoms. The molecule has 1 unspecified atom stereocenters. The van der Waals surface area contributed by atoms with Gasteiger partial charge in [0.15, 0.2) is 0 Å². The van der Waals surface area contributed by atoms with E-state index in [1.54, 1.807) is 11.3 Å². The molecule has 0 saturated heterocycles. The van der Waals surface area contributed by atoms with Gasteiger partial charge in [-0.3, -0.25) is 11.3 Å². The van der Waals surface area contributed by atoms with Crippen LogP contribution in [0.4, 0.5) is 0 Å². The maximum atomic E-state index is 5.86. The van der Waals surface area contributed by atoms with Gasteiger partial charge in [0.25, 0.3) is 0 Å². The number of halogens is 1. The Morgan fingerprint density at radius 3 is 2.85 bits per heavy atom. The first-order chi connectivity index (χ1) is 6.29. The quantitative estimate of drug-likeness (QED) is 0.600. The first kappa shape index (κ1) is 9.46. The number of thiophene rings is 1. The van der Waals surface area contributed by atoms with E-state index in [9.17, 15) is 0 Å². The van der Waals surface area contributed by atoms with Crippen molar-refractivity contribution in [2.24, 2.45) is 11.8 Å². The van der Waals surface area contributed by atoms with Crippen LogP contribution in [0.15, 0.2) is 12.1 Å². The minimum atomic E-state index is 0.296. The van der Waals surface area contributed by atoms with Crippen molar-refractivity contribution in [2.75, 3.05) is 0 Å². The van der Waals surface area contributed by atoms with Gasteiger partial charge in [-0.1, -0.05) is 24.4 Å². The monoisotopic (exact) mass is 216 g/mol. The van der Waals surface area contributed by atoms with Crippen LogP contribution < -0.4 is 11.3 Å². The van der Waals surface area contributed by atoms with Crippen molar-refractivity contribution in [1.29, 1.82) is 0 Å². The predicted octanol–water partition coefficient (Wildman–Crippen LogP) is 2.71. The average molecular weight is 217 g/mol. The topological polar surface area (TPSA) is 38.0 Å². The molecule has 0 radical (unpaired) electrons.